The Kier molecular flexibility index (Phi) is 31.6. The van der Waals surface area contributed by atoms with Gasteiger partial charge in [0.1, 0.15) is 22.8 Å². The Balaban J connectivity index is 0.00000309. The number of carbonyl (C=O) groups excluding carboxylic acids is 7. The van der Waals surface area contributed by atoms with Crippen LogP contribution in [0.25, 0.3) is 12.2 Å². The molecule has 0 unspecified atom stereocenters. The molecule has 2 aromatic rings. The zero-order valence-electron chi connectivity index (χ0n) is 52.7. The number of carbonyl (C=O) groups is 7. The highest BCUT2D eigenvalue weighted by molar-refractivity contribution is 8.25. The van der Waals surface area contributed by atoms with E-state index in [4.69, 9.17) is 37.9 Å². The van der Waals surface area contributed by atoms with Gasteiger partial charge in [-0.3, -0.25) is 24.0 Å². The molecule has 2 heterocycles. The van der Waals surface area contributed by atoms with Crippen molar-refractivity contribution in [3.8, 4) is 11.5 Å². The number of esters is 6. The number of unbranched alkanes of at least 4 members (excludes halogenated alkanes) is 6. The number of nitrogens with zero attached hydrogens (tertiary/aromatic N) is 1. The van der Waals surface area contributed by atoms with Crippen molar-refractivity contribution in [1.29, 1.82) is 0 Å². The summed E-state index contributed by atoms with van der Waals surface area (Å²) in [7, 11) is 0. The highest BCUT2D eigenvalue weighted by Gasteiger charge is 2.41. The minimum atomic E-state index is -0.501. The van der Waals surface area contributed by atoms with Crippen LogP contribution in [0.2, 0.25) is 0 Å². The largest absolute Gasteiger partial charge is 0.463 e. The topological polar surface area (TPSA) is 206 Å². The summed E-state index contributed by atoms with van der Waals surface area (Å²) in [4.78, 5) is 93.5. The molecule has 0 saturated heterocycles. The predicted molar refractivity (Wildman–Crippen MR) is 351 cm³/mol. The molecule has 0 radical (unpaired) electrons. The predicted octanol–water partition coefficient (Wildman–Crippen LogP) is 15.9. The minimum Gasteiger partial charge on any atom is -0.463 e. The SMILES string of the molecule is C=CC(=O)OCCCCCCOC1CCC(OC(=O)C2CCC(C(=O)Oc3c(C=C)c(C=C)c(OC(=O)C4CCC(C(=O)OC5CCC(OCCCCCCOC(=O)C=C)CC5)CC4)c4c3SC(=C3SN=C(c5ccccc5)C3=O)S4)CC2)CC1.CC.CC. The van der Waals surface area contributed by atoms with Gasteiger partial charge in [0.2, 0.25) is 5.78 Å². The first-order chi connectivity index (χ1) is 43.4. The molecule has 0 spiro atoms. The summed E-state index contributed by atoms with van der Waals surface area (Å²) in [6.45, 7) is 25.1. The first-order valence-corrected chi connectivity index (χ1v) is 34.9. The summed E-state index contributed by atoms with van der Waals surface area (Å²) in [6.07, 6.45) is 22.5. The summed E-state index contributed by atoms with van der Waals surface area (Å²) < 4.78 is 52.4. The number of allylic oxidation sites excluding steroid dienone is 1. The van der Waals surface area contributed by atoms with Crippen molar-refractivity contribution in [2.45, 2.75) is 216 Å². The molecule has 2 aliphatic heterocycles. The van der Waals surface area contributed by atoms with Crippen LogP contribution in [0.15, 0.2) is 92.1 Å². The highest BCUT2D eigenvalue weighted by Crippen LogP contribution is 2.63. The summed E-state index contributed by atoms with van der Waals surface area (Å²) >= 11 is 3.58. The molecule has 89 heavy (non-hydrogen) atoms. The van der Waals surface area contributed by atoms with Crippen molar-refractivity contribution >= 4 is 94.9 Å². The average Bonchev–Trinajstić information content (AvgIpc) is 1.70. The highest BCUT2D eigenvalue weighted by atomic mass is 32.2. The van der Waals surface area contributed by atoms with Crippen LogP contribution in [0.5, 0.6) is 11.5 Å². The van der Waals surface area contributed by atoms with Crippen LogP contribution < -0.4 is 9.47 Å². The molecule has 0 N–H and O–H groups in total. The zero-order valence-corrected chi connectivity index (χ0v) is 55.2. The van der Waals surface area contributed by atoms with Crippen molar-refractivity contribution in [1.82, 2.24) is 0 Å². The lowest BCUT2D eigenvalue weighted by Gasteiger charge is -2.31. The van der Waals surface area contributed by atoms with Gasteiger partial charge in [-0.1, -0.05) is 133 Å². The lowest BCUT2D eigenvalue weighted by atomic mass is 9.82. The number of ether oxygens (including phenoxy) is 8. The molecule has 8 rings (SSSR count). The minimum absolute atomic E-state index is 0.135. The first kappa shape index (κ1) is 72.3. The fraction of sp³-hybridized carbons (Fsp3) is 0.571. The second-order valence-electron chi connectivity index (χ2n) is 22.5. The average molecular weight is 1280 g/mol. The summed E-state index contributed by atoms with van der Waals surface area (Å²) in [5.41, 5.74) is 1.81. The van der Waals surface area contributed by atoms with E-state index in [-0.39, 0.29) is 65.5 Å². The Labute approximate surface area is 540 Å². The van der Waals surface area contributed by atoms with Gasteiger partial charge in [-0.2, -0.15) is 0 Å². The number of ketones is 1. The van der Waals surface area contributed by atoms with Gasteiger partial charge >= 0.3 is 35.8 Å². The van der Waals surface area contributed by atoms with Crippen molar-refractivity contribution in [2.75, 3.05) is 26.4 Å². The van der Waals surface area contributed by atoms with Crippen molar-refractivity contribution in [3.05, 3.63) is 94.6 Å². The number of thioether (sulfide) groups is 2. The zero-order chi connectivity index (χ0) is 64.1. The molecule has 19 heteroatoms. The number of fused-ring (bicyclic) bond motifs is 1. The second kappa shape index (κ2) is 38.8. The maximum Gasteiger partial charge on any atom is 0.330 e. The van der Waals surface area contributed by atoms with Crippen LogP contribution in [-0.2, 0) is 62.0 Å². The number of hydrogen-bond acceptors (Lipinski definition) is 19. The molecule has 0 bridgehead atoms. The van der Waals surface area contributed by atoms with E-state index >= 15 is 0 Å². The molecular formula is C70H93NO15S3. The van der Waals surface area contributed by atoms with E-state index in [0.29, 0.717) is 119 Å². The van der Waals surface area contributed by atoms with E-state index in [1.165, 1.54) is 35.7 Å². The number of benzene rings is 2. The maximum atomic E-state index is 14.3. The van der Waals surface area contributed by atoms with Crippen LogP contribution in [0.1, 0.15) is 198 Å². The molecule has 486 valence electrons. The van der Waals surface area contributed by atoms with Crippen LogP contribution in [-0.4, -0.2) is 98.2 Å². The van der Waals surface area contributed by atoms with E-state index in [1.807, 2.05) is 58.0 Å². The molecule has 0 aromatic heterocycles. The normalized spacial score (nSPS) is 22.9. The lowest BCUT2D eigenvalue weighted by molar-refractivity contribution is -0.160. The Hall–Kier alpha value is -5.73. The fourth-order valence-corrected chi connectivity index (χ4v) is 15.3. The fourth-order valence-electron chi connectivity index (χ4n) is 11.7. The van der Waals surface area contributed by atoms with Gasteiger partial charge < -0.3 is 37.9 Å². The van der Waals surface area contributed by atoms with Gasteiger partial charge in [0.05, 0.1) is 63.1 Å². The third-order valence-corrected chi connectivity index (χ3v) is 20.4. The Morgan fingerprint density at radius 3 is 1.21 bits per heavy atom. The molecule has 16 nitrogen and oxygen atoms in total. The van der Waals surface area contributed by atoms with Crippen LogP contribution in [0.4, 0.5) is 0 Å². The van der Waals surface area contributed by atoms with Gasteiger partial charge in [-0.15, -0.1) is 0 Å². The quantitative estimate of drug-likeness (QED) is 0.0185. The van der Waals surface area contributed by atoms with Gasteiger partial charge in [0.15, 0.2) is 11.5 Å². The molecule has 4 aliphatic carbocycles. The molecule has 2 aromatic carbocycles. The second-order valence-corrected chi connectivity index (χ2v) is 25.6. The third-order valence-electron chi connectivity index (χ3n) is 16.7. The van der Waals surface area contributed by atoms with Crippen molar-refractivity contribution < 1.29 is 71.5 Å². The van der Waals surface area contributed by atoms with E-state index < -0.39 is 35.7 Å². The van der Waals surface area contributed by atoms with Gasteiger partial charge in [-0.25, -0.2) is 14.0 Å². The Morgan fingerprint density at radius 2 is 0.843 bits per heavy atom. The monoisotopic (exact) mass is 1280 g/mol. The van der Waals surface area contributed by atoms with Gasteiger partial charge in [-0.05, 0) is 141 Å². The molecule has 0 amide bonds. The Morgan fingerprint density at radius 1 is 0.483 bits per heavy atom. The first-order valence-electron chi connectivity index (χ1n) is 32.5. The van der Waals surface area contributed by atoms with Crippen LogP contribution >= 0.6 is 35.5 Å². The number of hydrogen-bond donors (Lipinski definition) is 0. The third kappa shape index (κ3) is 21.4. The Bertz CT molecular complexity index is 2650. The van der Waals surface area contributed by atoms with E-state index in [1.54, 1.807) is 12.2 Å². The lowest BCUT2D eigenvalue weighted by Crippen LogP contribution is -2.33. The van der Waals surface area contributed by atoms with Crippen LogP contribution in [0, 0.1) is 23.7 Å². The van der Waals surface area contributed by atoms with E-state index in [9.17, 15) is 33.6 Å². The van der Waals surface area contributed by atoms with Crippen molar-refractivity contribution in [3.63, 3.8) is 0 Å². The number of Topliss-reactive ketones (excluding diaryl/α,β-unsaturated/α-hetero) is 1. The van der Waals surface area contributed by atoms with E-state index in [0.717, 1.165) is 115 Å². The van der Waals surface area contributed by atoms with Gasteiger partial charge in [0, 0.05) is 54.0 Å². The van der Waals surface area contributed by atoms with Gasteiger partial charge in [0.25, 0.3) is 0 Å². The molecule has 4 fully saturated rings. The summed E-state index contributed by atoms with van der Waals surface area (Å²) in [5.74, 6) is -3.66. The summed E-state index contributed by atoms with van der Waals surface area (Å²) in [5, 5.41) is 0. The molecule has 4 saturated carbocycles. The molecule has 6 aliphatic rings. The molecular weight excluding hydrogens is 1190 g/mol. The summed E-state index contributed by atoms with van der Waals surface area (Å²) in [6, 6.07) is 9.23. The smallest absolute Gasteiger partial charge is 0.330 e. The number of rotatable bonds is 29. The molecule has 0 atom stereocenters. The standard InChI is InChI=1S/C66H81NO15S3.2C2H6/c1-5-51-52(6-2)58(82-65(74)46-28-24-44(25-29-46)63(72)80-50-36-32-48(33-37-50)76-39-17-10-12-19-41-78-54(69)8-4)61-60(83-66(84-61)59-56(70)55(67-85-59)42-20-14-13-15-21-42)57(51)81-64(73)45-26-22-43(23-27-45)62(71)79-49-34-30-47(31-35-49)75-38-16-9-11-18-40-77-53(68)7-3;2*1-2/h5-8,13-15,20-21,43-50H,1-4,9-12,16-19,22-41H2;2*1-2H3. The van der Waals surface area contributed by atoms with Crippen molar-refractivity contribution in [2.24, 2.45) is 28.1 Å². The maximum absolute atomic E-state index is 14.3. The van der Waals surface area contributed by atoms with E-state index in [2.05, 4.69) is 30.7 Å². The van der Waals surface area contributed by atoms with Crippen LogP contribution in [0.3, 0.4) is 0 Å².